The molecule has 1 aliphatic heterocycles. The Labute approximate surface area is 136 Å². The van der Waals surface area contributed by atoms with Gasteiger partial charge in [-0.25, -0.2) is 0 Å². The minimum atomic E-state index is -0.415. The van der Waals surface area contributed by atoms with E-state index in [1.165, 1.54) is 11.8 Å². The van der Waals surface area contributed by atoms with Crippen molar-refractivity contribution in [3.63, 3.8) is 0 Å². The van der Waals surface area contributed by atoms with Gasteiger partial charge in [-0.05, 0) is 17.4 Å². The molecule has 1 unspecified atom stereocenters. The molecule has 6 heteroatoms. The Morgan fingerprint density at radius 2 is 1.95 bits per heavy atom. The Hall–Kier alpha value is -1.40. The first-order valence-electron chi connectivity index (χ1n) is 7.78. The Morgan fingerprint density at radius 1 is 1.27 bits per heavy atom. The van der Waals surface area contributed by atoms with Crippen molar-refractivity contribution in [2.24, 2.45) is 5.92 Å². The molecule has 22 heavy (non-hydrogen) atoms. The quantitative estimate of drug-likeness (QED) is 0.894. The van der Waals surface area contributed by atoms with E-state index in [-0.39, 0.29) is 17.7 Å². The van der Waals surface area contributed by atoms with Crippen LogP contribution in [0.4, 0.5) is 0 Å². The number of hydrogen-bond donors (Lipinski definition) is 1. The summed E-state index contributed by atoms with van der Waals surface area (Å²) in [6.45, 7) is 9.57. The van der Waals surface area contributed by atoms with Gasteiger partial charge in [0.15, 0.2) is 0 Å². The molecule has 1 aromatic rings. The van der Waals surface area contributed by atoms with Crippen molar-refractivity contribution < 1.29 is 9.59 Å². The van der Waals surface area contributed by atoms with Crippen LogP contribution < -0.4 is 5.32 Å². The molecule has 0 aromatic carbocycles. The van der Waals surface area contributed by atoms with Gasteiger partial charge in [-0.2, -0.15) is 0 Å². The Morgan fingerprint density at radius 3 is 2.45 bits per heavy atom. The summed E-state index contributed by atoms with van der Waals surface area (Å²) >= 11 is 1.77. The summed E-state index contributed by atoms with van der Waals surface area (Å²) in [4.78, 5) is 29.5. The van der Waals surface area contributed by atoms with E-state index in [1.807, 2.05) is 18.7 Å². The van der Waals surface area contributed by atoms with Crippen molar-refractivity contribution in [3.8, 4) is 0 Å². The minimum Gasteiger partial charge on any atom is -0.344 e. The van der Waals surface area contributed by atoms with Crippen LogP contribution >= 0.6 is 11.3 Å². The number of carbonyl (C=O) groups excluding carboxylic acids is 2. The van der Waals surface area contributed by atoms with Gasteiger partial charge in [-0.15, -0.1) is 11.3 Å². The maximum Gasteiger partial charge on any atom is 0.245 e. The third kappa shape index (κ3) is 4.55. The summed E-state index contributed by atoms with van der Waals surface area (Å²) < 4.78 is 0. The summed E-state index contributed by atoms with van der Waals surface area (Å²) in [6.07, 6.45) is 0. The summed E-state index contributed by atoms with van der Waals surface area (Å²) in [5.41, 5.74) is 0. The number of piperazine rings is 1. The first-order chi connectivity index (χ1) is 10.5. The molecule has 1 aromatic heterocycles. The number of nitrogens with one attached hydrogen (secondary N) is 1. The topological polar surface area (TPSA) is 52.7 Å². The van der Waals surface area contributed by atoms with Gasteiger partial charge in [0.1, 0.15) is 6.04 Å². The van der Waals surface area contributed by atoms with E-state index in [2.05, 4.69) is 27.7 Å². The molecule has 0 spiro atoms. The zero-order valence-corrected chi connectivity index (χ0v) is 14.4. The zero-order chi connectivity index (χ0) is 16.1. The highest BCUT2D eigenvalue weighted by atomic mass is 32.1. The van der Waals surface area contributed by atoms with Gasteiger partial charge >= 0.3 is 0 Å². The van der Waals surface area contributed by atoms with Crippen LogP contribution in [0.1, 0.15) is 25.6 Å². The lowest BCUT2D eigenvalue weighted by Gasteiger charge is -2.37. The van der Waals surface area contributed by atoms with Crippen LogP contribution in [0, 0.1) is 5.92 Å². The van der Waals surface area contributed by atoms with Crippen molar-refractivity contribution in [1.82, 2.24) is 15.1 Å². The van der Waals surface area contributed by atoms with Gasteiger partial charge in [0, 0.05) is 44.5 Å². The standard InChI is InChI=1S/C16H25N3O2S/c1-12(2)15(17-13(3)20)16(21)19-8-6-18(7-9-19)11-14-5-4-10-22-14/h4-5,10,12,15H,6-9,11H2,1-3H3,(H,17,20). The molecule has 5 nitrogen and oxygen atoms in total. The third-order valence-electron chi connectivity index (χ3n) is 3.93. The van der Waals surface area contributed by atoms with Crippen LogP contribution in [0.2, 0.25) is 0 Å². The fraction of sp³-hybridized carbons (Fsp3) is 0.625. The Balaban J connectivity index is 1.86. The molecule has 0 saturated carbocycles. The Kier molecular flexibility index (Phi) is 5.97. The number of nitrogens with zero attached hydrogens (tertiary/aromatic N) is 2. The third-order valence-corrected chi connectivity index (χ3v) is 4.80. The highest BCUT2D eigenvalue weighted by molar-refractivity contribution is 7.09. The fourth-order valence-corrected chi connectivity index (χ4v) is 3.42. The molecule has 1 fully saturated rings. The van der Waals surface area contributed by atoms with E-state index >= 15 is 0 Å². The maximum atomic E-state index is 12.6. The SMILES string of the molecule is CC(=O)NC(C(=O)N1CCN(Cc2cccs2)CC1)C(C)C. The van der Waals surface area contributed by atoms with Gasteiger partial charge in [0.25, 0.3) is 0 Å². The van der Waals surface area contributed by atoms with Crippen LogP contribution in [-0.2, 0) is 16.1 Å². The lowest BCUT2D eigenvalue weighted by atomic mass is 10.0. The second kappa shape index (κ2) is 7.74. The van der Waals surface area contributed by atoms with Crippen LogP contribution in [0.3, 0.4) is 0 Å². The highest BCUT2D eigenvalue weighted by Crippen LogP contribution is 2.15. The van der Waals surface area contributed by atoms with Crippen molar-refractivity contribution >= 4 is 23.2 Å². The summed E-state index contributed by atoms with van der Waals surface area (Å²) in [6, 6.07) is 3.80. The molecule has 1 saturated heterocycles. The van der Waals surface area contributed by atoms with Crippen LogP contribution in [0.15, 0.2) is 17.5 Å². The molecule has 1 N–H and O–H groups in total. The summed E-state index contributed by atoms with van der Waals surface area (Å²) in [5, 5.41) is 4.87. The zero-order valence-electron chi connectivity index (χ0n) is 13.5. The second-order valence-electron chi connectivity index (χ2n) is 6.10. The largest absolute Gasteiger partial charge is 0.344 e. The average molecular weight is 323 g/mol. The lowest BCUT2D eigenvalue weighted by molar-refractivity contribution is -0.138. The van der Waals surface area contributed by atoms with Crippen LogP contribution in [0.25, 0.3) is 0 Å². The molecule has 2 amide bonds. The first kappa shape index (κ1) is 17.0. The smallest absolute Gasteiger partial charge is 0.245 e. The number of amides is 2. The predicted molar refractivity (Wildman–Crippen MR) is 88.6 cm³/mol. The van der Waals surface area contributed by atoms with Gasteiger partial charge in [0.2, 0.25) is 11.8 Å². The fourth-order valence-electron chi connectivity index (χ4n) is 2.68. The van der Waals surface area contributed by atoms with E-state index in [0.717, 1.165) is 32.7 Å². The molecule has 2 heterocycles. The normalized spacial score (nSPS) is 17.5. The maximum absolute atomic E-state index is 12.6. The molecule has 0 radical (unpaired) electrons. The average Bonchev–Trinajstić information content (AvgIpc) is 2.97. The van der Waals surface area contributed by atoms with Gasteiger partial charge < -0.3 is 10.2 Å². The van der Waals surface area contributed by atoms with E-state index in [4.69, 9.17) is 0 Å². The van der Waals surface area contributed by atoms with Crippen LogP contribution in [-0.4, -0.2) is 53.8 Å². The molecule has 0 aliphatic carbocycles. The van der Waals surface area contributed by atoms with Gasteiger partial charge in [0.05, 0.1) is 0 Å². The van der Waals surface area contributed by atoms with Crippen molar-refractivity contribution in [2.75, 3.05) is 26.2 Å². The molecule has 2 rings (SSSR count). The number of rotatable bonds is 5. The van der Waals surface area contributed by atoms with E-state index in [0.29, 0.717) is 0 Å². The molecule has 122 valence electrons. The molecule has 1 aliphatic rings. The molecule has 0 bridgehead atoms. The van der Waals surface area contributed by atoms with Gasteiger partial charge in [-0.3, -0.25) is 14.5 Å². The summed E-state index contributed by atoms with van der Waals surface area (Å²) in [7, 11) is 0. The lowest BCUT2D eigenvalue weighted by Crippen LogP contribution is -2.56. The van der Waals surface area contributed by atoms with Gasteiger partial charge in [-0.1, -0.05) is 19.9 Å². The minimum absolute atomic E-state index is 0.0426. The second-order valence-corrected chi connectivity index (χ2v) is 7.14. The number of carbonyl (C=O) groups is 2. The van der Waals surface area contributed by atoms with Crippen LogP contribution in [0.5, 0.6) is 0 Å². The van der Waals surface area contributed by atoms with Crippen molar-refractivity contribution in [2.45, 2.75) is 33.4 Å². The van der Waals surface area contributed by atoms with E-state index in [1.54, 1.807) is 11.3 Å². The van der Waals surface area contributed by atoms with E-state index in [9.17, 15) is 9.59 Å². The Bertz CT molecular complexity index is 493. The van der Waals surface area contributed by atoms with Crippen molar-refractivity contribution in [1.29, 1.82) is 0 Å². The van der Waals surface area contributed by atoms with E-state index < -0.39 is 6.04 Å². The monoisotopic (exact) mass is 323 g/mol. The predicted octanol–water partition coefficient (Wildman–Crippen LogP) is 1.55. The van der Waals surface area contributed by atoms with Crippen molar-refractivity contribution in [3.05, 3.63) is 22.4 Å². The molecule has 1 atom stereocenters. The summed E-state index contributed by atoms with van der Waals surface area (Å²) in [5.74, 6) is -0.00935. The number of thiophene rings is 1. The first-order valence-corrected chi connectivity index (χ1v) is 8.66. The molecular weight excluding hydrogens is 298 g/mol. The number of hydrogen-bond acceptors (Lipinski definition) is 4. The highest BCUT2D eigenvalue weighted by Gasteiger charge is 2.29. The molecular formula is C16H25N3O2S.